The number of methoxy groups -OCH3 is 1. The summed E-state index contributed by atoms with van der Waals surface area (Å²) >= 11 is 0. The van der Waals surface area contributed by atoms with Gasteiger partial charge in [0.25, 0.3) is 10.0 Å². The molecule has 0 aliphatic heterocycles. The van der Waals surface area contributed by atoms with Crippen LogP contribution in [0, 0.1) is 12.8 Å². The lowest BCUT2D eigenvalue weighted by molar-refractivity contribution is -0.147. The van der Waals surface area contributed by atoms with Crippen LogP contribution in [-0.4, -0.2) is 38.8 Å². The monoisotopic (exact) mass is 425 g/mol. The number of carbonyl (C=O) groups excluding carboxylic acids is 3. The highest BCUT2D eigenvalue weighted by molar-refractivity contribution is 7.90. The van der Waals surface area contributed by atoms with E-state index >= 15 is 0 Å². The predicted octanol–water partition coefficient (Wildman–Crippen LogP) is 2.67. The molecule has 0 aromatic heterocycles. The summed E-state index contributed by atoms with van der Waals surface area (Å²) in [6.45, 7) is 2.99. The lowest BCUT2D eigenvalue weighted by Crippen LogP contribution is -2.32. The molecule has 0 saturated heterocycles. The molecule has 3 rings (SSSR count). The number of ether oxygens (including phenoxy) is 1. The fourth-order valence-corrected chi connectivity index (χ4v) is 4.16. The van der Waals surface area contributed by atoms with Crippen LogP contribution in [-0.2, 0) is 24.3 Å². The molecule has 1 atom stereocenters. The summed E-state index contributed by atoms with van der Waals surface area (Å²) < 4.78 is 34.3. The van der Waals surface area contributed by atoms with E-state index in [-0.39, 0.29) is 21.7 Å². The highest BCUT2D eigenvalue weighted by atomic mass is 32.2. The zero-order valence-corrected chi connectivity index (χ0v) is 17.4. The van der Waals surface area contributed by atoms with Gasteiger partial charge < -0.3 is 4.74 Å². The Morgan fingerprint density at radius 2 is 1.60 bits per heavy atom. The van der Waals surface area contributed by atoms with Crippen molar-refractivity contribution in [2.45, 2.75) is 18.7 Å². The molecule has 1 aliphatic rings. The quantitative estimate of drug-likeness (QED) is 0.538. The molecule has 0 N–H and O–H groups in total. The average molecular weight is 425 g/mol. The standard InChI is InChI=1S/C22H19NO6S/c1-13-8-10-15(11-9-13)30(27,28)23-19-12-18(20(14(2)24)22(26)29-3)21(25)17-7-5-4-6-16(17)19/h4-12,20H,1-3H3/t20-/m0/s1. The number of benzene rings is 2. The summed E-state index contributed by atoms with van der Waals surface area (Å²) in [5.41, 5.74) is 1.14. The minimum Gasteiger partial charge on any atom is -0.468 e. The van der Waals surface area contributed by atoms with Gasteiger partial charge >= 0.3 is 5.97 Å². The predicted molar refractivity (Wildman–Crippen MR) is 110 cm³/mol. The van der Waals surface area contributed by atoms with Crippen LogP contribution in [0.1, 0.15) is 28.4 Å². The van der Waals surface area contributed by atoms with Gasteiger partial charge in [-0.05, 0) is 32.1 Å². The molecule has 30 heavy (non-hydrogen) atoms. The van der Waals surface area contributed by atoms with E-state index in [1.807, 2.05) is 6.92 Å². The molecule has 0 fully saturated rings. The van der Waals surface area contributed by atoms with Crippen molar-refractivity contribution in [3.63, 3.8) is 0 Å². The summed E-state index contributed by atoms with van der Waals surface area (Å²) in [5.74, 6) is -3.52. The van der Waals surface area contributed by atoms with Crippen LogP contribution in [0.2, 0.25) is 0 Å². The normalized spacial score (nSPS) is 15.9. The second-order valence-electron chi connectivity index (χ2n) is 6.81. The number of hydrogen-bond donors (Lipinski definition) is 0. The molecule has 7 nitrogen and oxygen atoms in total. The van der Waals surface area contributed by atoms with E-state index in [2.05, 4.69) is 9.13 Å². The minimum absolute atomic E-state index is 0.0129. The largest absolute Gasteiger partial charge is 0.468 e. The third-order valence-corrected chi connectivity index (χ3v) is 6.00. The Balaban J connectivity index is 2.22. The van der Waals surface area contributed by atoms with Gasteiger partial charge in [-0.1, -0.05) is 42.0 Å². The van der Waals surface area contributed by atoms with E-state index in [0.29, 0.717) is 5.56 Å². The van der Waals surface area contributed by atoms with Crippen LogP contribution >= 0.6 is 0 Å². The molecule has 0 saturated carbocycles. The molecule has 8 heteroatoms. The average Bonchev–Trinajstić information content (AvgIpc) is 2.71. The van der Waals surface area contributed by atoms with Crippen LogP contribution in [0.4, 0.5) is 0 Å². The molecular weight excluding hydrogens is 406 g/mol. The maximum Gasteiger partial charge on any atom is 0.320 e. The fraction of sp³-hybridized carbons (Fsp3) is 0.182. The molecule has 2 aromatic rings. The first kappa shape index (κ1) is 21.3. The summed E-state index contributed by atoms with van der Waals surface area (Å²) in [5, 5.41) is 0. The van der Waals surface area contributed by atoms with Crippen molar-refractivity contribution < 1.29 is 27.5 Å². The Kier molecular flexibility index (Phi) is 5.80. The Bertz CT molecular complexity index is 1210. The van der Waals surface area contributed by atoms with Gasteiger partial charge in [0, 0.05) is 16.7 Å². The molecule has 0 unspecified atom stereocenters. The third-order valence-electron chi connectivity index (χ3n) is 4.69. The zero-order valence-electron chi connectivity index (χ0n) is 16.6. The number of ketones is 2. The van der Waals surface area contributed by atoms with Gasteiger partial charge in [0.1, 0.15) is 11.7 Å². The van der Waals surface area contributed by atoms with Crippen molar-refractivity contribution >= 4 is 33.3 Å². The van der Waals surface area contributed by atoms with Crippen molar-refractivity contribution in [2.75, 3.05) is 7.11 Å². The molecule has 0 spiro atoms. The highest BCUT2D eigenvalue weighted by Gasteiger charge is 2.37. The van der Waals surface area contributed by atoms with Crippen LogP contribution in [0.3, 0.4) is 0 Å². The van der Waals surface area contributed by atoms with Gasteiger partial charge in [-0.25, -0.2) is 0 Å². The third kappa shape index (κ3) is 3.99. The number of allylic oxidation sites excluding steroid dienone is 1. The number of Topliss-reactive ketones (excluding diaryl/α,β-unsaturated/α-hetero) is 2. The summed E-state index contributed by atoms with van der Waals surface area (Å²) in [6, 6.07) is 12.5. The van der Waals surface area contributed by atoms with Crippen molar-refractivity contribution in [3.05, 3.63) is 76.9 Å². The van der Waals surface area contributed by atoms with Crippen molar-refractivity contribution in [1.82, 2.24) is 0 Å². The smallest absolute Gasteiger partial charge is 0.320 e. The number of rotatable bonds is 5. The van der Waals surface area contributed by atoms with Crippen molar-refractivity contribution in [1.29, 1.82) is 0 Å². The van der Waals surface area contributed by atoms with Gasteiger partial charge in [-0.15, -0.1) is 0 Å². The Morgan fingerprint density at radius 3 is 2.17 bits per heavy atom. The lowest BCUT2D eigenvalue weighted by atomic mass is 9.81. The number of fused-ring (bicyclic) bond motifs is 1. The number of carbonyl (C=O) groups is 3. The Morgan fingerprint density at radius 1 is 1.00 bits per heavy atom. The van der Waals surface area contributed by atoms with E-state index < -0.39 is 33.5 Å². The molecule has 0 amide bonds. The van der Waals surface area contributed by atoms with Gasteiger partial charge in [0.15, 0.2) is 5.78 Å². The fourth-order valence-electron chi connectivity index (χ4n) is 3.16. The van der Waals surface area contributed by atoms with Gasteiger partial charge in [-0.2, -0.15) is 12.8 Å². The van der Waals surface area contributed by atoms with E-state index in [0.717, 1.165) is 19.6 Å². The molecular formula is C22H19NO6S. The number of hydrogen-bond acceptors (Lipinski definition) is 6. The van der Waals surface area contributed by atoms with Crippen LogP contribution in [0.5, 0.6) is 0 Å². The zero-order chi connectivity index (χ0) is 22.1. The topological polar surface area (TPSA) is 107 Å². The Hall–Kier alpha value is -3.39. The summed E-state index contributed by atoms with van der Waals surface area (Å²) in [6.07, 6.45) is 1.18. The SMILES string of the molecule is COC(=O)[C@@H](C(C)=O)C1=CC(=NS(=O)(=O)c2ccc(C)cc2)c2ccccc2C1=O. The van der Waals surface area contributed by atoms with Gasteiger partial charge in [-0.3, -0.25) is 14.4 Å². The molecule has 154 valence electrons. The second kappa shape index (κ2) is 8.16. The summed E-state index contributed by atoms with van der Waals surface area (Å²) in [4.78, 5) is 37.2. The maximum absolute atomic E-state index is 13.0. The number of nitrogens with zero attached hydrogens (tertiary/aromatic N) is 1. The first-order chi connectivity index (χ1) is 14.2. The second-order valence-corrected chi connectivity index (χ2v) is 8.41. The van der Waals surface area contributed by atoms with E-state index in [4.69, 9.17) is 0 Å². The number of esters is 1. The van der Waals surface area contributed by atoms with Crippen molar-refractivity contribution in [2.24, 2.45) is 10.3 Å². The number of aryl methyl sites for hydroxylation is 1. The maximum atomic E-state index is 13.0. The first-order valence-corrected chi connectivity index (χ1v) is 10.5. The molecule has 0 radical (unpaired) electrons. The van der Waals surface area contributed by atoms with Crippen LogP contribution in [0.15, 0.2) is 69.5 Å². The van der Waals surface area contributed by atoms with E-state index in [1.165, 1.54) is 24.3 Å². The lowest BCUT2D eigenvalue weighted by Gasteiger charge is -2.21. The van der Waals surface area contributed by atoms with E-state index in [1.54, 1.807) is 30.3 Å². The van der Waals surface area contributed by atoms with Crippen LogP contribution < -0.4 is 0 Å². The van der Waals surface area contributed by atoms with E-state index in [9.17, 15) is 22.8 Å². The van der Waals surface area contributed by atoms with Gasteiger partial charge in [0.05, 0.1) is 17.7 Å². The number of sulfonamides is 1. The minimum atomic E-state index is -4.10. The van der Waals surface area contributed by atoms with Gasteiger partial charge in [0.2, 0.25) is 0 Å². The molecule has 0 heterocycles. The molecule has 1 aliphatic carbocycles. The molecule has 0 bridgehead atoms. The highest BCUT2D eigenvalue weighted by Crippen LogP contribution is 2.29. The van der Waals surface area contributed by atoms with Crippen molar-refractivity contribution in [3.8, 4) is 0 Å². The first-order valence-electron chi connectivity index (χ1n) is 9.01. The summed E-state index contributed by atoms with van der Waals surface area (Å²) in [7, 11) is -2.99. The Labute approximate surface area is 174 Å². The van der Waals surface area contributed by atoms with Crippen LogP contribution in [0.25, 0.3) is 0 Å². The molecule has 2 aromatic carbocycles.